The Bertz CT molecular complexity index is 377. The summed E-state index contributed by atoms with van der Waals surface area (Å²) < 4.78 is 0. The van der Waals surface area contributed by atoms with E-state index in [-0.39, 0.29) is 17.2 Å². The Kier molecular flexibility index (Phi) is 2.97. The van der Waals surface area contributed by atoms with E-state index in [4.69, 9.17) is 5.73 Å². The first kappa shape index (κ1) is 11.1. The molecule has 16 heavy (non-hydrogen) atoms. The number of benzene rings is 1. The van der Waals surface area contributed by atoms with Gasteiger partial charge in [-0.05, 0) is 12.0 Å². The highest BCUT2D eigenvalue weighted by Gasteiger charge is 2.45. The molecule has 2 rings (SSSR count). The Hall–Kier alpha value is -1.35. The zero-order valence-corrected chi connectivity index (χ0v) is 9.57. The van der Waals surface area contributed by atoms with Crippen LogP contribution >= 0.6 is 0 Å². The van der Waals surface area contributed by atoms with Crippen molar-refractivity contribution in [3.05, 3.63) is 35.9 Å². The van der Waals surface area contributed by atoms with Gasteiger partial charge in [-0.1, -0.05) is 37.3 Å². The average molecular weight is 218 g/mol. The zero-order chi connectivity index (χ0) is 11.6. The Labute approximate surface area is 96.0 Å². The van der Waals surface area contributed by atoms with E-state index in [9.17, 15) is 4.79 Å². The van der Waals surface area contributed by atoms with E-state index in [2.05, 4.69) is 24.4 Å². The van der Waals surface area contributed by atoms with Crippen molar-refractivity contribution in [2.45, 2.75) is 18.8 Å². The highest BCUT2D eigenvalue weighted by Crippen LogP contribution is 2.38. The van der Waals surface area contributed by atoms with Crippen molar-refractivity contribution in [3.63, 3.8) is 0 Å². The summed E-state index contributed by atoms with van der Waals surface area (Å²) in [6.45, 7) is 3.65. The van der Waals surface area contributed by atoms with Crippen LogP contribution in [-0.4, -0.2) is 19.0 Å². The van der Waals surface area contributed by atoms with Gasteiger partial charge >= 0.3 is 0 Å². The maximum atomic E-state index is 11.5. The fraction of sp³-hybridized carbons (Fsp3) is 0.462. The lowest BCUT2D eigenvalue weighted by molar-refractivity contribution is -0.122. The molecular weight excluding hydrogens is 200 g/mol. The van der Waals surface area contributed by atoms with Crippen LogP contribution in [0.4, 0.5) is 0 Å². The second kappa shape index (κ2) is 4.26. The first-order chi connectivity index (χ1) is 7.70. The first-order valence-corrected chi connectivity index (χ1v) is 5.76. The molecule has 3 nitrogen and oxygen atoms in total. The molecule has 1 aromatic carbocycles. The van der Waals surface area contributed by atoms with Crippen molar-refractivity contribution >= 4 is 5.91 Å². The van der Waals surface area contributed by atoms with E-state index in [1.807, 2.05) is 18.2 Å². The molecule has 0 aromatic heterocycles. The van der Waals surface area contributed by atoms with Crippen molar-refractivity contribution < 1.29 is 4.79 Å². The van der Waals surface area contributed by atoms with Gasteiger partial charge in [-0.2, -0.15) is 0 Å². The van der Waals surface area contributed by atoms with Crippen molar-refractivity contribution in [1.29, 1.82) is 0 Å². The van der Waals surface area contributed by atoms with Crippen LogP contribution in [0.1, 0.15) is 18.9 Å². The van der Waals surface area contributed by atoms with Crippen LogP contribution in [0, 0.1) is 5.92 Å². The highest BCUT2D eigenvalue weighted by atomic mass is 16.1. The maximum absolute atomic E-state index is 11.5. The van der Waals surface area contributed by atoms with Crippen molar-refractivity contribution in [2.24, 2.45) is 11.7 Å². The summed E-state index contributed by atoms with van der Waals surface area (Å²) in [6.07, 6.45) is 0.928. The minimum absolute atomic E-state index is 0.0973. The smallest absolute Gasteiger partial charge is 0.222 e. The van der Waals surface area contributed by atoms with Crippen LogP contribution in [0.15, 0.2) is 30.3 Å². The summed E-state index contributed by atoms with van der Waals surface area (Å²) in [5, 5.41) is 3.29. The van der Waals surface area contributed by atoms with E-state index >= 15 is 0 Å². The van der Waals surface area contributed by atoms with Crippen LogP contribution in [0.2, 0.25) is 0 Å². The van der Waals surface area contributed by atoms with Crippen LogP contribution in [0.3, 0.4) is 0 Å². The molecule has 1 saturated heterocycles. The number of carbonyl (C=O) groups excluding carboxylic acids is 1. The summed E-state index contributed by atoms with van der Waals surface area (Å²) >= 11 is 0. The summed E-state index contributed by atoms with van der Waals surface area (Å²) in [4.78, 5) is 11.5. The van der Waals surface area contributed by atoms with Crippen LogP contribution < -0.4 is 11.1 Å². The van der Waals surface area contributed by atoms with Gasteiger partial charge in [0.2, 0.25) is 5.91 Å². The standard InChI is InChI=1S/C13H18N2O/c1-2-13(10-6-4-3-5-7-10)9-15-8-11(13)12(14)16/h3-7,11,15H,2,8-9H2,1H3,(H2,14,16). The number of hydrogen-bond acceptors (Lipinski definition) is 2. The summed E-state index contributed by atoms with van der Waals surface area (Å²) in [6, 6.07) is 10.2. The quantitative estimate of drug-likeness (QED) is 0.796. The predicted octanol–water partition coefficient (Wildman–Crippen LogP) is 1.04. The summed E-state index contributed by atoms with van der Waals surface area (Å²) in [5.41, 5.74) is 6.60. The van der Waals surface area contributed by atoms with Gasteiger partial charge in [0.05, 0.1) is 5.92 Å². The molecule has 0 bridgehead atoms. The van der Waals surface area contributed by atoms with Crippen molar-refractivity contribution in [1.82, 2.24) is 5.32 Å². The van der Waals surface area contributed by atoms with Gasteiger partial charge < -0.3 is 11.1 Å². The van der Waals surface area contributed by atoms with Gasteiger partial charge in [0.15, 0.2) is 0 Å². The van der Waals surface area contributed by atoms with Gasteiger partial charge in [-0.3, -0.25) is 4.79 Å². The van der Waals surface area contributed by atoms with E-state index in [1.165, 1.54) is 5.56 Å². The summed E-state index contributed by atoms with van der Waals surface area (Å²) in [7, 11) is 0. The number of rotatable bonds is 3. The van der Waals surface area contributed by atoms with Gasteiger partial charge in [0.25, 0.3) is 0 Å². The third-order valence-electron chi connectivity index (χ3n) is 3.78. The van der Waals surface area contributed by atoms with Crippen LogP contribution in [-0.2, 0) is 10.2 Å². The monoisotopic (exact) mass is 218 g/mol. The normalized spacial score (nSPS) is 29.2. The predicted molar refractivity (Wildman–Crippen MR) is 64.0 cm³/mol. The molecule has 1 amide bonds. The highest BCUT2D eigenvalue weighted by molar-refractivity contribution is 5.79. The number of amides is 1. The second-order valence-corrected chi connectivity index (χ2v) is 4.46. The molecule has 0 aliphatic carbocycles. The lowest BCUT2D eigenvalue weighted by atomic mass is 9.70. The zero-order valence-electron chi connectivity index (χ0n) is 9.57. The van der Waals surface area contributed by atoms with Gasteiger partial charge in [-0.25, -0.2) is 0 Å². The minimum Gasteiger partial charge on any atom is -0.369 e. The van der Waals surface area contributed by atoms with Crippen LogP contribution in [0.25, 0.3) is 0 Å². The van der Waals surface area contributed by atoms with E-state index in [1.54, 1.807) is 0 Å². The third-order valence-corrected chi connectivity index (χ3v) is 3.78. The molecule has 86 valence electrons. The molecule has 1 aliphatic heterocycles. The maximum Gasteiger partial charge on any atom is 0.222 e. The summed E-state index contributed by atoms with van der Waals surface area (Å²) in [5.74, 6) is -0.296. The Balaban J connectivity index is 2.43. The fourth-order valence-electron chi connectivity index (χ4n) is 2.78. The molecule has 3 heteroatoms. The Morgan fingerprint density at radius 1 is 1.50 bits per heavy atom. The molecule has 3 N–H and O–H groups in total. The largest absolute Gasteiger partial charge is 0.369 e. The molecule has 2 unspecified atom stereocenters. The molecule has 2 atom stereocenters. The Morgan fingerprint density at radius 3 is 2.75 bits per heavy atom. The van der Waals surface area contributed by atoms with Gasteiger partial charge in [0.1, 0.15) is 0 Å². The molecule has 0 radical (unpaired) electrons. The van der Waals surface area contributed by atoms with E-state index in [0.717, 1.165) is 13.0 Å². The van der Waals surface area contributed by atoms with Crippen LogP contribution in [0.5, 0.6) is 0 Å². The fourth-order valence-corrected chi connectivity index (χ4v) is 2.78. The average Bonchev–Trinajstić information content (AvgIpc) is 2.75. The molecule has 0 saturated carbocycles. The third kappa shape index (κ3) is 1.61. The van der Waals surface area contributed by atoms with E-state index < -0.39 is 0 Å². The number of primary amides is 1. The number of carbonyl (C=O) groups is 1. The molecule has 0 spiro atoms. The Morgan fingerprint density at radius 2 is 2.19 bits per heavy atom. The minimum atomic E-state index is -0.198. The molecular formula is C13H18N2O. The SMILES string of the molecule is CCC1(c2ccccc2)CNCC1C(N)=O. The topological polar surface area (TPSA) is 55.1 Å². The first-order valence-electron chi connectivity index (χ1n) is 5.76. The molecule has 1 aliphatic rings. The molecule has 1 fully saturated rings. The van der Waals surface area contributed by atoms with Gasteiger partial charge in [-0.15, -0.1) is 0 Å². The lowest BCUT2D eigenvalue weighted by Crippen LogP contribution is -2.41. The molecule has 1 aromatic rings. The number of hydrogen-bond donors (Lipinski definition) is 2. The number of nitrogens with one attached hydrogen (secondary N) is 1. The van der Waals surface area contributed by atoms with Crippen molar-refractivity contribution in [3.8, 4) is 0 Å². The number of nitrogens with two attached hydrogens (primary N) is 1. The second-order valence-electron chi connectivity index (χ2n) is 4.46. The van der Waals surface area contributed by atoms with Crippen molar-refractivity contribution in [2.75, 3.05) is 13.1 Å². The lowest BCUT2D eigenvalue weighted by Gasteiger charge is -2.32. The van der Waals surface area contributed by atoms with Gasteiger partial charge in [0, 0.05) is 18.5 Å². The molecule has 1 heterocycles. The van der Waals surface area contributed by atoms with E-state index in [0.29, 0.717) is 6.54 Å².